The molecule has 1 N–H and O–H groups in total. The van der Waals surface area contributed by atoms with Crippen LogP contribution in [-0.2, 0) is 11.8 Å². The molecule has 2 aromatic rings. The number of hydrogen-bond acceptors (Lipinski definition) is 5. The van der Waals surface area contributed by atoms with E-state index in [-0.39, 0.29) is 17.7 Å². The summed E-state index contributed by atoms with van der Waals surface area (Å²) in [5.74, 6) is 0.254. The Kier molecular flexibility index (Phi) is 7.30. The van der Waals surface area contributed by atoms with Crippen molar-refractivity contribution in [2.45, 2.75) is 26.2 Å². The average Bonchev–Trinajstić information content (AvgIpc) is 3.39. The molecule has 0 aliphatic carbocycles. The molecule has 4 rings (SSSR count). The van der Waals surface area contributed by atoms with Gasteiger partial charge in [-0.05, 0) is 49.9 Å². The van der Waals surface area contributed by atoms with Crippen LogP contribution in [0.2, 0.25) is 0 Å². The van der Waals surface area contributed by atoms with Crippen molar-refractivity contribution in [3.63, 3.8) is 0 Å². The fraction of sp³-hybridized carbons (Fsp3) is 0.652. The summed E-state index contributed by atoms with van der Waals surface area (Å²) in [6, 6.07) is 4.04. The van der Waals surface area contributed by atoms with E-state index in [1.807, 2.05) is 22.6 Å². The molecule has 7 nitrogen and oxygen atoms in total. The number of aryl methyl sites for hydroxylation is 1. The van der Waals surface area contributed by atoms with Crippen molar-refractivity contribution in [2.75, 3.05) is 58.9 Å². The number of nitrogens with zero attached hydrogens (tertiary/aromatic N) is 4. The highest BCUT2D eigenvalue weighted by Crippen LogP contribution is 2.26. The average molecular weight is 446 g/mol. The molecule has 2 amide bonds. The molecule has 8 heteroatoms. The molecule has 2 aliphatic heterocycles. The molecule has 2 fully saturated rings. The summed E-state index contributed by atoms with van der Waals surface area (Å²) in [5, 5.41) is 5.18. The number of aromatic nitrogens is 1. The van der Waals surface area contributed by atoms with E-state index in [0.29, 0.717) is 13.1 Å². The van der Waals surface area contributed by atoms with Crippen LogP contribution in [0, 0.1) is 5.92 Å². The number of likely N-dealkylation sites (tertiary alicyclic amines) is 1. The molecular formula is C23H35N5O2S. The lowest BCUT2D eigenvalue weighted by atomic mass is 9.95. The van der Waals surface area contributed by atoms with Gasteiger partial charge in [-0.25, -0.2) is 0 Å². The molecule has 0 atom stereocenters. The third-order valence-electron chi connectivity index (χ3n) is 6.90. The number of carbonyl (C=O) groups excluding carboxylic acids is 2. The van der Waals surface area contributed by atoms with Gasteiger partial charge in [-0.3, -0.25) is 9.59 Å². The van der Waals surface area contributed by atoms with Crippen molar-refractivity contribution in [2.24, 2.45) is 13.0 Å². The first kappa shape index (κ1) is 22.3. The van der Waals surface area contributed by atoms with E-state index in [0.717, 1.165) is 81.0 Å². The number of piperidine rings is 1. The van der Waals surface area contributed by atoms with Gasteiger partial charge in [0.25, 0.3) is 5.91 Å². The van der Waals surface area contributed by atoms with Gasteiger partial charge in [0.2, 0.25) is 5.91 Å². The van der Waals surface area contributed by atoms with Crippen LogP contribution in [0.3, 0.4) is 0 Å². The number of rotatable bonds is 7. The second-order valence-corrected chi connectivity index (χ2v) is 9.69. The van der Waals surface area contributed by atoms with Crippen molar-refractivity contribution in [1.82, 2.24) is 24.6 Å². The zero-order chi connectivity index (χ0) is 21.8. The number of likely N-dealkylation sites (N-methyl/N-ethyl adjacent to an activating group) is 1. The van der Waals surface area contributed by atoms with E-state index in [1.165, 1.54) is 0 Å². The normalized spacial score (nSPS) is 19.2. The van der Waals surface area contributed by atoms with Gasteiger partial charge >= 0.3 is 0 Å². The number of amides is 2. The monoisotopic (exact) mass is 445 g/mol. The van der Waals surface area contributed by atoms with Gasteiger partial charge in [0.1, 0.15) is 5.69 Å². The zero-order valence-electron chi connectivity index (χ0n) is 18.8. The van der Waals surface area contributed by atoms with Gasteiger partial charge in [0, 0.05) is 58.8 Å². The number of carbonyl (C=O) groups is 2. The summed E-state index contributed by atoms with van der Waals surface area (Å²) < 4.78 is 3.13. The Bertz CT molecular complexity index is 891. The summed E-state index contributed by atoms with van der Waals surface area (Å²) >= 11 is 1.66. The Morgan fingerprint density at radius 1 is 1.10 bits per heavy atom. The van der Waals surface area contributed by atoms with Crippen LogP contribution in [0.1, 0.15) is 36.7 Å². The molecular weight excluding hydrogens is 410 g/mol. The third-order valence-corrected chi connectivity index (χ3v) is 7.75. The van der Waals surface area contributed by atoms with Crippen LogP contribution in [-0.4, -0.2) is 90.0 Å². The number of fused-ring (bicyclic) bond motifs is 1. The Labute approximate surface area is 189 Å². The zero-order valence-corrected chi connectivity index (χ0v) is 19.6. The third kappa shape index (κ3) is 5.13. The highest BCUT2D eigenvalue weighted by Gasteiger charge is 2.29. The molecule has 0 radical (unpaired) electrons. The topological polar surface area (TPSA) is 60.8 Å². The van der Waals surface area contributed by atoms with E-state index in [9.17, 15) is 9.59 Å². The van der Waals surface area contributed by atoms with Crippen molar-refractivity contribution in [3.8, 4) is 0 Å². The van der Waals surface area contributed by atoms with Crippen LogP contribution < -0.4 is 5.32 Å². The maximum Gasteiger partial charge on any atom is 0.270 e. The smallest absolute Gasteiger partial charge is 0.270 e. The predicted molar refractivity (Wildman–Crippen MR) is 126 cm³/mol. The highest BCUT2D eigenvalue weighted by atomic mass is 32.1. The first-order chi connectivity index (χ1) is 15.1. The lowest BCUT2D eigenvalue weighted by molar-refractivity contribution is -0.126. The van der Waals surface area contributed by atoms with Gasteiger partial charge in [-0.1, -0.05) is 6.92 Å². The molecule has 0 saturated carbocycles. The number of piperazine rings is 1. The van der Waals surface area contributed by atoms with Gasteiger partial charge in [-0.15, -0.1) is 11.3 Å². The molecule has 2 aromatic heterocycles. The van der Waals surface area contributed by atoms with Gasteiger partial charge in [0.15, 0.2) is 0 Å². The molecule has 31 heavy (non-hydrogen) atoms. The summed E-state index contributed by atoms with van der Waals surface area (Å²) in [6.45, 7) is 11.0. The Morgan fingerprint density at radius 3 is 2.48 bits per heavy atom. The molecule has 2 saturated heterocycles. The minimum absolute atomic E-state index is 0.0223. The molecule has 0 bridgehead atoms. The van der Waals surface area contributed by atoms with Crippen molar-refractivity contribution < 1.29 is 9.59 Å². The fourth-order valence-electron chi connectivity index (χ4n) is 4.75. The Balaban J connectivity index is 1.16. The van der Waals surface area contributed by atoms with Crippen LogP contribution >= 0.6 is 11.3 Å². The van der Waals surface area contributed by atoms with Crippen LogP contribution in [0.25, 0.3) is 10.2 Å². The fourth-order valence-corrected chi connectivity index (χ4v) is 5.60. The van der Waals surface area contributed by atoms with Crippen molar-refractivity contribution in [3.05, 3.63) is 23.2 Å². The minimum atomic E-state index is 0.0223. The minimum Gasteiger partial charge on any atom is -0.356 e. The number of nitrogens with one attached hydrogen (secondary N) is 1. The van der Waals surface area contributed by atoms with Gasteiger partial charge in [-0.2, -0.15) is 0 Å². The summed E-state index contributed by atoms with van der Waals surface area (Å²) in [4.78, 5) is 32.4. The number of hydrogen-bond donors (Lipinski definition) is 1. The van der Waals surface area contributed by atoms with Gasteiger partial charge < -0.3 is 24.6 Å². The maximum absolute atomic E-state index is 13.0. The van der Waals surface area contributed by atoms with E-state index in [1.54, 1.807) is 11.3 Å². The Morgan fingerprint density at radius 2 is 1.81 bits per heavy atom. The molecule has 0 aromatic carbocycles. The van der Waals surface area contributed by atoms with E-state index in [4.69, 9.17) is 0 Å². The highest BCUT2D eigenvalue weighted by molar-refractivity contribution is 7.17. The quantitative estimate of drug-likeness (QED) is 0.664. The predicted octanol–water partition coefficient (Wildman–Crippen LogP) is 2.24. The summed E-state index contributed by atoms with van der Waals surface area (Å²) in [5.41, 5.74) is 1.85. The van der Waals surface area contributed by atoms with E-state index in [2.05, 4.69) is 33.5 Å². The second-order valence-electron chi connectivity index (χ2n) is 8.75. The van der Waals surface area contributed by atoms with Gasteiger partial charge in [0.05, 0.1) is 10.2 Å². The van der Waals surface area contributed by atoms with Crippen molar-refractivity contribution >= 4 is 33.4 Å². The standard InChI is InChI=1S/C23H35N5O2S/c1-3-26-12-14-27(15-13-26)9-4-8-24-22(29)18-5-10-28(11-6-18)23(30)20-17-21-19(25(20)2)7-16-31-21/h7,16-18H,3-6,8-15H2,1-2H3,(H,24,29). The van der Waals surface area contributed by atoms with E-state index >= 15 is 0 Å². The molecule has 0 spiro atoms. The number of thiophene rings is 1. The first-order valence-corrected chi connectivity index (χ1v) is 12.5. The lowest BCUT2D eigenvalue weighted by Crippen LogP contribution is -2.47. The Hall–Kier alpha value is -1.90. The molecule has 0 unspecified atom stereocenters. The van der Waals surface area contributed by atoms with E-state index < -0.39 is 0 Å². The largest absolute Gasteiger partial charge is 0.356 e. The second kappa shape index (κ2) is 10.1. The van der Waals surface area contributed by atoms with Crippen molar-refractivity contribution in [1.29, 1.82) is 0 Å². The summed E-state index contributed by atoms with van der Waals surface area (Å²) in [6.07, 6.45) is 2.49. The lowest BCUT2D eigenvalue weighted by Gasteiger charge is -2.34. The molecule has 4 heterocycles. The maximum atomic E-state index is 13.0. The molecule has 2 aliphatic rings. The molecule has 170 valence electrons. The SMILES string of the molecule is CCN1CCN(CCCNC(=O)C2CCN(C(=O)c3cc4sccc4n3C)CC2)CC1. The first-order valence-electron chi connectivity index (χ1n) is 11.6. The van der Waals surface area contributed by atoms with Crippen LogP contribution in [0.5, 0.6) is 0 Å². The summed E-state index contributed by atoms with van der Waals surface area (Å²) in [7, 11) is 1.95. The van der Waals surface area contributed by atoms with Crippen LogP contribution in [0.15, 0.2) is 17.5 Å². The van der Waals surface area contributed by atoms with Crippen LogP contribution in [0.4, 0.5) is 0 Å².